The molecule has 0 saturated carbocycles. The van der Waals surface area contributed by atoms with E-state index in [4.69, 9.17) is 23.2 Å². The zero-order chi connectivity index (χ0) is 27.3. The predicted octanol–water partition coefficient (Wildman–Crippen LogP) is 4.84. The molecule has 0 atom stereocenters. The van der Waals surface area contributed by atoms with E-state index in [1.54, 1.807) is 4.90 Å². The summed E-state index contributed by atoms with van der Waals surface area (Å²) in [6.45, 7) is 6.16. The van der Waals surface area contributed by atoms with Gasteiger partial charge in [-0.1, -0.05) is 55.2 Å². The van der Waals surface area contributed by atoms with Gasteiger partial charge in [0.1, 0.15) is 0 Å². The van der Waals surface area contributed by atoms with Crippen LogP contribution in [-0.2, 0) is 14.8 Å². The Morgan fingerprint density at radius 3 is 2.34 bits per heavy atom. The second-order valence-electron chi connectivity index (χ2n) is 9.62. The molecule has 1 saturated heterocycles. The maximum Gasteiger partial charge on any atom is 0.243 e. The fourth-order valence-corrected chi connectivity index (χ4v) is 6.28. The van der Waals surface area contributed by atoms with Crippen molar-refractivity contribution in [1.82, 2.24) is 19.4 Å². The summed E-state index contributed by atoms with van der Waals surface area (Å²) < 4.78 is 27.9. The number of carbonyl (C=O) groups excluding carboxylic acids is 1. The summed E-state index contributed by atoms with van der Waals surface area (Å²) in [7, 11) is -3.85. The molecule has 38 heavy (non-hydrogen) atoms. The van der Waals surface area contributed by atoms with Gasteiger partial charge < -0.3 is 9.80 Å². The number of amides is 1. The molecule has 1 amide bonds. The van der Waals surface area contributed by atoms with E-state index in [0.717, 1.165) is 17.8 Å². The van der Waals surface area contributed by atoms with Crippen molar-refractivity contribution in [3.05, 3.63) is 70.7 Å². The summed E-state index contributed by atoms with van der Waals surface area (Å²) >= 11 is 12.2. The molecule has 0 aliphatic carbocycles. The van der Waals surface area contributed by atoms with Crippen LogP contribution in [0, 0.1) is 5.92 Å². The van der Waals surface area contributed by atoms with Gasteiger partial charge in [0, 0.05) is 43.3 Å². The summed E-state index contributed by atoms with van der Waals surface area (Å²) in [4.78, 5) is 17.2. The van der Waals surface area contributed by atoms with Crippen molar-refractivity contribution in [3.8, 4) is 11.3 Å². The first-order valence-electron chi connectivity index (χ1n) is 12.5. The number of hydrogen-bond acceptors (Lipinski definition) is 6. The third-order valence-corrected chi connectivity index (χ3v) is 8.71. The van der Waals surface area contributed by atoms with E-state index in [9.17, 15) is 13.2 Å². The van der Waals surface area contributed by atoms with E-state index in [-0.39, 0.29) is 29.8 Å². The zero-order valence-electron chi connectivity index (χ0n) is 21.4. The van der Waals surface area contributed by atoms with Gasteiger partial charge in [0.25, 0.3) is 0 Å². The molecule has 1 aromatic heterocycles. The highest BCUT2D eigenvalue weighted by Crippen LogP contribution is 2.26. The normalized spacial score (nSPS) is 14.7. The fourth-order valence-electron chi connectivity index (χ4n) is 4.36. The number of nitrogens with zero attached hydrogens (tertiary/aromatic N) is 5. The van der Waals surface area contributed by atoms with Crippen LogP contribution < -0.4 is 4.90 Å². The summed E-state index contributed by atoms with van der Waals surface area (Å²) in [6, 6.07) is 17.3. The molecule has 8 nitrogen and oxygen atoms in total. The average Bonchev–Trinajstić information content (AvgIpc) is 3.15. The van der Waals surface area contributed by atoms with Gasteiger partial charge in [0.15, 0.2) is 5.82 Å². The van der Waals surface area contributed by atoms with Gasteiger partial charge in [0.05, 0.1) is 22.2 Å². The van der Waals surface area contributed by atoms with E-state index < -0.39 is 10.0 Å². The largest absolute Gasteiger partial charge is 0.353 e. The smallest absolute Gasteiger partial charge is 0.243 e. The molecule has 0 unspecified atom stereocenters. The molecule has 0 N–H and O–H groups in total. The van der Waals surface area contributed by atoms with Gasteiger partial charge in [-0.15, -0.1) is 10.2 Å². The first kappa shape index (κ1) is 28.3. The summed E-state index contributed by atoms with van der Waals surface area (Å²) in [5.41, 5.74) is 1.51. The molecular weight excluding hydrogens is 545 g/mol. The van der Waals surface area contributed by atoms with Crippen molar-refractivity contribution in [2.45, 2.75) is 25.2 Å². The predicted molar refractivity (Wildman–Crippen MR) is 151 cm³/mol. The number of sulfonamides is 1. The molecular formula is C27H31Cl2N5O3S. The maximum absolute atomic E-state index is 13.3. The number of halogens is 2. The lowest BCUT2D eigenvalue weighted by atomic mass is 10.1. The third kappa shape index (κ3) is 6.83. The maximum atomic E-state index is 13.3. The Hall–Kier alpha value is -2.72. The van der Waals surface area contributed by atoms with Crippen LogP contribution in [0.4, 0.5) is 5.82 Å². The van der Waals surface area contributed by atoms with Crippen LogP contribution in [0.3, 0.4) is 0 Å². The van der Waals surface area contributed by atoms with Gasteiger partial charge in [-0.3, -0.25) is 4.79 Å². The molecule has 2 aromatic carbocycles. The molecule has 0 radical (unpaired) electrons. The number of aromatic nitrogens is 2. The van der Waals surface area contributed by atoms with Gasteiger partial charge in [0.2, 0.25) is 15.9 Å². The van der Waals surface area contributed by atoms with Crippen LogP contribution >= 0.6 is 23.2 Å². The Kier molecular flexibility index (Phi) is 9.25. The van der Waals surface area contributed by atoms with Crippen LogP contribution in [0.2, 0.25) is 10.0 Å². The van der Waals surface area contributed by atoms with Crippen LogP contribution in [0.1, 0.15) is 20.3 Å². The molecule has 4 rings (SSSR count). The summed E-state index contributed by atoms with van der Waals surface area (Å²) in [6.07, 6.45) is 0.730. The van der Waals surface area contributed by atoms with E-state index in [1.807, 2.05) is 50.2 Å². The van der Waals surface area contributed by atoms with E-state index >= 15 is 0 Å². The highest BCUT2D eigenvalue weighted by Gasteiger charge is 2.30. The van der Waals surface area contributed by atoms with Gasteiger partial charge in [-0.25, -0.2) is 8.42 Å². The van der Waals surface area contributed by atoms with E-state index in [0.29, 0.717) is 41.9 Å². The Balaban J connectivity index is 1.42. The fraction of sp³-hybridized carbons (Fsp3) is 0.370. The molecule has 3 aromatic rings. The first-order chi connectivity index (χ1) is 18.1. The second-order valence-corrected chi connectivity index (χ2v) is 12.4. The summed E-state index contributed by atoms with van der Waals surface area (Å²) in [5.74, 6) is 0.559. The molecule has 1 aliphatic rings. The van der Waals surface area contributed by atoms with Crippen molar-refractivity contribution in [1.29, 1.82) is 0 Å². The minimum absolute atomic E-state index is 0.0526. The zero-order valence-corrected chi connectivity index (χ0v) is 23.8. The minimum atomic E-state index is -3.85. The van der Waals surface area contributed by atoms with Crippen LogP contribution in [0.25, 0.3) is 11.3 Å². The highest BCUT2D eigenvalue weighted by molar-refractivity contribution is 7.89. The Morgan fingerprint density at radius 2 is 1.68 bits per heavy atom. The van der Waals surface area contributed by atoms with Crippen molar-refractivity contribution in [3.63, 3.8) is 0 Å². The Labute approximate surface area is 234 Å². The monoisotopic (exact) mass is 575 g/mol. The SMILES string of the molecule is CC(C)CN(CC(=O)N1CCCN(c2ccc(-c3ccccc3Cl)nn2)CC1)S(=O)(=O)c1ccc(Cl)cc1. The molecule has 0 bridgehead atoms. The minimum Gasteiger partial charge on any atom is -0.353 e. The lowest BCUT2D eigenvalue weighted by Crippen LogP contribution is -2.45. The van der Waals surface area contributed by atoms with Crippen molar-refractivity contribution < 1.29 is 13.2 Å². The standard InChI is InChI=1S/C27H31Cl2N5O3S/c1-20(2)18-34(38(36,37)22-10-8-21(28)9-11-22)19-27(35)33-15-5-14-32(16-17-33)26-13-12-25(30-31-26)23-6-3-4-7-24(23)29/h3-4,6-13,20H,5,14-19H2,1-2H3. The second kappa shape index (κ2) is 12.4. The van der Waals surface area contributed by atoms with Gasteiger partial charge >= 0.3 is 0 Å². The van der Waals surface area contributed by atoms with Crippen molar-refractivity contribution in [2.75, 3.05) is 44.2 Å². The average molecular weight is 577 g/mol. The first-order valence-corrected chi connectivity index (χ1v) is 14.7. The van der Waals surface area contributed by atoms with Crippen molar-refractivity contribution >= 4 is 45.0 Å². The number of rotatable bonds is 8. The summed E-state index contributed by atoms with van der Waals surface area (Å²) in [5, 5.41) is 9.83. The molecule has 2 heterocycles. The van der Waals surface area contributed by atoms with Crippen LogP contribution in [0.5, 0.6) is 0 Å². The highest BCUT2D eigenvalue weighted by atomic mass is 35.5. The number of benzene rings is 2. The lowest BCUT2D eigenvalue weighted by Gasteiger charge is -2.27. The third-order valence-electron chi connectivity index (χ3n) is 6.30. The Bertz CT molecular complexity index is 1350. The number of carbonyl (C=O) groups is 1. The number of anilines is 1. The number of hydrogen-bond donors (Lipinski definition) is 0. The van der Waals surface area contributed by atoms with Crippen LogP contribution in [-0.4, -0.2) is 73.0 Å². The topological polar surface area (TPSA) is 86.7 Å². The molecule has 11 heteroatoms. The lowest BCUT2D eigenvalue weighted by molar-refractivity contribution is -0.131. The molecule has 1 fully saturated rings. The molecule has 1 aliphatic heterocycles. The molecule has 202 valence electrons. The van der Waals surface area contributed by atoms with Crippen LogP contribution in [0.15, 0.2) is 65.6 Å². The quantitative estimate of drug-likeness (QED) is 0.382. The van der Waals surface area contributed by atoms with Crippen molar-refractivity contribution in [2.24, 2.45) is 5.92 Å². The van der Waals surface area contributed by atoms with Gasteiger partial charge in [-0.05, 0) is 54.8 Å². The molecule has 0 spiro atoms. The Morgan fingerprint density at radius 1 is 0.947 bits per heavy atom. The van der Waals surface area contributed by atoms with E-state index in [2.05, 4.69) is 15.1 Å². The van der Waals surface area contributed by atoms with E-state index in [1.165, 1.54) is 28.6 Å². The van der Waals surface area contributed by atoms with Gasteiger partial charge in [-0.2, -0.15) is 4.31 Å².